The molecule has 6 N–H and O–H groups in total. The number of carbonyl (C=O) groups is 4. The molecule has 1 aromatic carbocycles. The maximum absolute atomic E-state index is 11.9. The summed E-state index contributed by atoms with van der Waals surface area (Å²) in [4.78, 5) is 40.9. The van der Waals surface area contributed by atoms with E-state index in [1.165, 1.54) is 0 Å². The number of primary amides is 1. The third-order valence-electron chi connectivity index (χ3n) is 3.60. The first-order chi connectivity index (χ1) is 13.5. The van der Waals surface area contributed by atoms with Crippen LogP contribution in [-0.4, -0.2) is 60.9 Å². The summed E-state index contributed by atoms with van der Waals surface area (Å²) in [5.74, 6) is -2.70. The predicted molar refractivity (Wildman–Crippen MR) is 103 cm³/mol. The van der Waals surface area contributed by atoms with Crippen LogP contribution in [0.15, 0.2) is 18.2 Å². The highest BCUT2D eigenvalue weighted by atomic mass is 16.5. The highest BCUT2D eigenvalue weighted by Gasteiger charge is 2.22. The lowest BCUT2D eigenvalue weighted by Gasteiger charge is -2.21. The van der Waals surface area contributed by atoms with Crippen molar-refractivity contribution in [3.63, 3.8) is 0 Å². The molecule has 0 saturated carbocycles. The number of carboxylic acids is 2. The summed E-state index contributed by atoms with van der Waals surface area (Å²) in [7, 11) is 3.17. The first-order valence-corrected chi connectivity index (χ1v) is 8.54. The molecule has 0 bridgehead atoms. The molecule has 1 atom stereocenters. The van der Waals surface area contributed by atoms with Gasteiger partial charge in [-0.2, -0.15) is 0 Å². The number of benzene rings is 1. The topological polar surface area (TPSA) is 177 Å². The Labute approximate surface area is 168 Å². The number of rotatable bonds is 8. The minimum atomic E-state index is -1.82. The van der Waals surface area contributed by atoms with Crippen molar-refractivity contribution in [2.24, 2.45) is 11.7 Å². The summed E-state index contributed by atoms with van der Waals surface area (Å²) in [6, 6.07) is 4.35. The Balaban J connectivity index is 0.00000113. The maximum atomic E-state index is 11.9. The summed E-state index contributed by atoms with van der Waals surface area (Å²) >= 11 is 0. The minimum absolute atomic E-state index is 0.0275. The summed E-state index contributed by atoms with van der Waals surface area (Å²) in [6.07, 6.45) is 0.702. The van der Waals surface area contributed by atoms with Crippen LogP contribution < -0.4 is 25.8 Å². The molecule has 1 rings (SSSR count). The number of methoxy groups -OCH3 is 2. The Morgan fingerprint density at radius 2 is 1.59 bits per heavy atom. The molecule has 0 aliphatic heterocycles. The number of urea groups is 1. The van der Waals surface area contributed by atoms with Gasteiger partial charge < -0.3 is 30.7 Å². The van der Waals surface area contributed by atoms with Crippen LogP contribution in [0.3, 0.4) is 0 Å². The van der Waals surface area contributed by atoms with Gasteiger partial charge in [0.2, 0.25) is 5.91 Å². The second-order valence-electron chi connectivity index (χ2n) is 6.08. The van der Waals surface area contributed by atoms with Crippen molar-refractivity contribution in [1.82, 2.24) is 10.6 Å². The molecule has 29 heavy (non-hydrogen) atoms. The molecular weight excluding hydrogens is 386 g/mol. The second-order valence-corrected chi connectivity index (χ2v) is 6.08. The lowest BCUT2D eigenvalue weighted by atomic mass is 10.0. The molecular formula is C18H27N3O8. The van der Waals surface area contributed by atoms with E-state index in [1.54, 1.807) is 14.2 Å². The summed E-state index contributed by atoms with van der Waals surface area (Å²) in [5.41, 5.74) is 6.03. The SMILES string of the molecule is COc1ccc(CCNC(C(=O)NC(N)=O)C(C)C)cc1OC.O=C(O)C(=O)O. The number of amides is 3. The molecule has 0 radical (unpaired) electrons. The third kappa shape index (κ3) is 9.96. The van der Waals surface area contributed by atoms with Gasteiger partial charge in [-0.1, -0.05) is 19.9 Å². The van der Waals surface area contributed by atoms with E-state index in [0.29, 0.717) is 24.5 Å². The van der Waals surface area contributed by atoms with Crippen molar-refractivity contribution < 1.29 is 38.9 Å². The summed E-state index contributed by atoms with van der Waals surface area (Å²) in [6.45, 7) is 4.37. The lowest BCUT2D eigenvalue weighted by molar-refractivity contribution is -0.159. The van der Waals surface area contributed by atoms with Gasteiger partial charge in [0.05, 0.1) is 20.3 Å². The molecule has 0 aliphatic rings. The molecule has 11 heteroatoms. The van der Waals surface area contributed by atoms with Crippen molar-refractivity contribution in [3.8, 4) is 11.5 Å². The van der Waals surface area contributed by atoms with Crippen molar-refractivity contribution >= 4 is 23.9 Å². The summed E-state index contributed by atoms with van der Waals surface area (Å²) in [5, 5.41) is 20.0. The molecule has 1 unspecified atom stereocenters. The number of hydrogen-bond donors (Lipinski definition) is 5. The van der Waals surface area contributed by atoms with Gasteiger partial charge in [0.1, 0.15) is 0 Å². The standard InChI is InChI=1S/C16H25N3O4.C2H2O4/c1-10(2)14(15(20)19-16(17)21)18-8-7-11-5-6-12(22-3)13(9-11)23-4;3-1(4)2(5)6/h5-6,9-10,14,18H,7-8H2,1-4H3,(H3,17,19,20,21);(H,3,4)(H,5,6). The van der Waals surface area contributed by atoms with Crippen LogP contribution in [0.1, 0.15) is 19.4 Å². The number of ether oxygens (including phenoxy) is 2. The molecule has 0 heterocycles. The van der Waals surface area contributed by atoms with Crippen molar-refractivity contribution in [3.05, 3.63) is 23.8 Å². The number of carboxylic acid groups (broad SMARTS) is 2. The van der Waals surface area contributed by atoms with Crippen LogP contribution in [0.5, 0.6) is 11.5 Å². The van der Waals surface area contributed by atoms with Gasteiger partial charge >= 0.3 is 18.0 Å². The van der Waals surface area contributed by atoms with Crippen molar-refractivity contribution in [1.29, 1.82) is 0 Å². The normalized spacial score (nSPS) is 10.9. The Morgan fingerprint density at radius 3 is 2.00 bits per heavy atom. The molecule has 0 fully saturated rings. The highest BCUT2D eigenvalue weighted by molar-refractivity contribution is 6.27. The van der Waals surface area contributed by atoms with Crippen LogP contribution >= 0.6 is 0 Å². The molecule has 11 nitrogen and oxygen atoms in total. The number of aliphatic carboxylic acids is 2. The van der Waals surface area contributed by atoms with Crippen LogP contribution in [0, 0.1) is 5.92 Å². The van der Waals surface area contributed by atoms with Gasteiger partial charge in [0.25, 0.3) is 0 Å². The van der Waals surface area contributed by atoms with Gasteiger partial charge in [-0.3, -0.25) is 10.1 Å². The zero-order chi connectivity index (χ0) is 22.6. The first kappa shape index (κ1) is 25.7. The van der Waals surface area contributed by atoms with Crippen molar-refractivity contribution in [2.45, 2.75) is 26.3 Å². The van der Waals surface area contributed by atoms with Gasteiger partial charge in [0, 0.05) is 0 Å². The molecule has 0 spiro atoms. The fraction of sp³-hybridized carbons (Fsp3) is 0.444. The monoisotopic (exact) mass is 413 g/mol. The molecule has 0 aliphatic carbocycles. The van der Waals surface area contributed by atoms with Crippen LogP contribution in [0.2, 0.25) is 0 Å². The molecule has 0 aromatic heterocycles. The zero-order valence-corrected chi connectivity index (χ0v) is 16.7. The largest absolute Gasteiger partial charge is 0.493 e. The van der Waals surface area contributed by atoms with E-state index in [9.17, 15) is 9.59 Å². The van der Waals surface area contributed by atoms with E-state index in [1.807, 2.05) is 32.0 Å². The Bertz CT molecular complexity index is 709. The fourth-order valence-electron chi connectivity index (χ4n) is 2.24. The van der Waals surface area contributed by atoms with Gasteiger partial charge in [-0.05, 0) is 36.6 Å². The van der Waals surface area contributed by atoms with Crippen LogP contribution in [-0.2, 0) is 20.8 Å². The van der Waals surface area contributed by atoms with E-state index in [2.05, 4.69) is 10.6 Å². The number of hydrogen-bond acceptors (Lipinski definition) is 7. The molecule has 3 amide bonds. The Hall–Kier alpha value is -3.34. The quantitative estimate of drug-likeness (QED) is 0.373. The number of nitrogens with two attached hydrogens (primary N) is 1. The first-order valence-electron chi connectivity index (χ1n) is 8.54. The Kier molecular flexibility index (Phi) is 11.5. The van der Waals surface area contributed by atoms with E-state index in [0.717, 1.165) is 5.56 Å². The fourth-order valence-corrected chi connectivity index (χ4v) is 2.24. The average Bonchev–Trinajstić information content (AvgIpc) is 2.64. The van der Waals surface area contributed by atoms with Crippen molar-refractivity contribution in [2.75, 3.05) is 20.8 Å². The lowest BCUT2D eigenvalue weighted by Crippen LogP contribution is -2.50. The second kappa shape index (κ2) is 12.9. The van der Waals surface area contributed by atoms with E-state index < -0.39 is 29.9 Å². The van der Waals surface area contributed by atoms with Gasteiger partial charge in [-0.15, -0.1) is 0 Å². The van der Waals surface area contributed by atoms with Gasteiger partial charge in [-0.25, -0.2) is 14.4 Å². The third-order valence-corrected chi connectivity index (χ3v) is 3.60. The number of imide groups is 1. The molecule has 162 valence electrons. The Morgan fingerprint density at radius 1 is 1.03 bits per heavy atom. The molecule has 0 saturated heterocycles. The number of carbonyl (C=O) groups excluding carboxylic acids is 2. The van der Waals surface area contributed by atoms with E-state index >= 15 is 0 Å². The van der Waals surface area contributed by atoms with Gasteiger partial charge in [0.15, 0.2) is 11.5 Å². The van der Waals surface area contributed by atoms with Crippen LogP contribution in [0.25, 0.3) is 0 Å². The van der Waals surface area contributed by atoms with E-state index in [4.69, 9.17) is 35.0 Å². The number of nitrogens with one attached hydrogen (secondary N) is 2. The molecule has 1 aromatic rings. The predicted octanol–water partition coefficient (Wildman–Crippen LogP) is 0.211. The zero-order valence-electron chi connectivity index (χ0n) is 16.7. The average molecular weight is 413 g/mol. The highest BCUT2D eigenvalue weighted by Crippen LogP contribution is 2.27. The smallest absolute Gasteiger partial charge is 0.414 e. The maximum Gasteiger partial charge on any atom is 0.414 e. The summed E-state index contributed by atoms with van der Waals surface area (Å²) < 4.78 is 10.5. The van der Waals surface area contributed by atoms with E-state index in [-0.39, 0.29) is 5.92 Å². The van der Waals surface area contributed by atoms with Crippen LogP contribution in [0.4, 0.5) is 4.79 Å². The minimum Gasteiger partial charge on any atom is -0.493 e.